The quantitative estimate of drug-likeness (QED) is 0.0321. The molecule has 0 aromatic rings. The predicted octanol–water partition coefficient (Wildman–Crippen LogP) is 11.5. The van der Waals surface area contributed by atoms with Gasteiger partial charge in [0.15, 0.2) is 6.10 Å². The molecule has 0 aromatic carbocycles. The van der Waals surface area contributed by atoms with Gasteiger partial charge in [0.25, 0.3) is 0 Å². The van der Waals surface area contributed by atoms with E-state index in [0.29, 0.717) is 117 Å². The van der Waals surface area contributed by atoms with Crippen molar-refractivity contribution in [2.45, 2.75) is 357 Å². The number of nitrogens with zero attached hydrogens (tertiary/aromatic N) is 2. The van der Waals surface area contributed by atoms with Gasteiger partial charge in [-0.3, -0.25) is 24.0 Å². The highest BCUT2D eigenvalue weighted by atomic mass is 16.6. The summed E-state index contributed by atoms with van der Waals surface area (Å²) in [5.74, 6) is -1.05. The average molecular weight is 1350 g/mol. The lowest BCUT2D eigenvalue weighted by atomic mass is 9.90. The molecule has 21 nitrogen and oxygen atoms in total. The van der Waals surface area contributed by atoms with E-state index in [0.717, 1.165) is 148 Å². The zero-order chi connectivity index (χ0) is 68.1. The van der Waals surface area contributed by atoms with Crippen LogP contribution in [0.4, 0.5) is 0 Å². The van der Waals surface area contributed by atoms with Crippen molar-refractivity contribution in [2.24, 2.45) is 0 Å². The zero-order valence-electron chi connectivity index (χ0n) is 59.5. The van der Waals surface area contributed by atoms with Gasteiger partial charge < -0.3 is 77.2 Å². The fourth-order valence-electron chi connectivity index (χ4n) is 14.1. The van der Waals surface area contributed by atoms with Gasteiger partial charge in [-0.1, -0.05) is 156 Å². The number of unbranched alkanes of at least 4 members (excludes halogenated alkanes) is 7. The summed E-state index contributed by atoms with van der Waals surface area (Å²) in [6.07, 6.45) is 17.8. The maximum atomic E-state index is 13.4. The highest BCUT2D eigenvalue weighted by molar-refractivity contribution is 5.78. The molecular formula is C74H132N2O19. The number of carbonyl (C=O) groups is 5. The van der Waals surface area contributed by atoms with E-state index < -0.39 is 85.2 Å². The molecule has 21 heteroatoms. The van der Waals surface area contributed by atoms with Crippen LogP contribution in [-0.4, -0.2) is 220 Å². The summed E-state index contributed by atoms with van der Waals surface area (Å²) < 4.78 is 71.9. The highest BCUT2D eigenvalue weighted by Gasteiger charge is 2.43. The molecule has 5 rings (SSSR count). The number of cyclic esters (lactones) is 2. The van der Waals surface area contributed by atoms with Crippen molar-refractivity contribution in [2.75, 3.05) is 86.1 Å². The van der Waals surface area contributed by atoms with Gasteiger partial charge in [0.1, 0.15) is 13.2 Å². The number of esters is 3. The van der Waals surface area contributed by atoms with Crippen LogP contribution in [0.25, 0.3) is 0 Å². The highest BCUT2D eigenvalue weighted by Crippen LogP contribution is 2.35. The molecule has 5 aliphatic rings. The Morgan fingerprint density at radius 3 is 1.66 bits per heavy atom. The van der Waals surface area contributed by atoms with Crippen LogP contribution in [0.1, 0.15) is 278 Å². The van der Waals surface area contributed by atoms with Crippen LogP contribution < -0.4 is 0 Å². The zero-order valence-corrected chi connectivity index (χ0v) is 59.5. The number of rotatable bonds is 32. The third-order valence-corrected chi connectivity index (χ3v) is 19.8. The molecule has 0 aromatic heterocycles. The van der Waals surface area contributed by atoms with Crippen molar-refractivity contribution in [3.05, 3.63) is 0 Å². The molecule has 552 valence electrons. The molecule has 0 radical (unpaired) electrons. The molecule has 5 heterocycles. The summed E-state index contributed by atoms with van der Waals surface area (Å²) in [4.78, 5) is 69.0. The summed E-state index contributed by atoms with van der Waals surface area (Å²) in [5.41, 5.74) is 0. The second-order valence-corrected chi connectivity index (χ2v) is 27.7. The van der Waals surface area contributed by atoms with E-state index in [9.17, 15) is 39.3 Å². The number of likely N-dealkylation sites (tertiary alicyclic amines) is 2. The van der Waals surface area contributed by atoms with Gasteiger partial charge in [-0.2, -0.15) is 0 Å². The lowest BCUT2D eigenvalue weighted by molar-refractivity contribution is -0.220. The average Bonchev–Trinajstić information content (AvgIpc) is 2.20. The van der Waals surface area contributed by atoms with Crippen LogP contribution in [0.2, 0.25) is 0 Å². The van der Waals surface area contributed by atoms with Crippen LogP contribution in [-0.2, 0) is 76.1 Å². The van der Waals surface area contributed by atoms with Crippen LogP contribution >= 0.6 is 0 Å². The first kappa shape index (κ1) is 82.6. The van der Waals surface area contributed by atoms with Crippen molar-refractivity contribution < 1.29 is 91.4 Å². The van der Waals surface area contributed by atoms with E-state index in [1.807, 2.05) is 11.8 Å². The Morgan fingerprint density at radius 2 is 1.04 bits per heavy atom. The number of aliphatic hydroxyl groups is 3. The third kappa shape index (κ3) is 34.7. The standard InChI is InChI=1S/C74H132N2O19/c1-5-8-10-11-15-24-34-63-62(89-51-50-86-49-48-85-4)33-23-16-12-19-27-39-72(82)90-55-57-56-91-73(83)40-28-20-13-17-25-35-64-68(88-47-45-76-43-31-38-71(76)81)53-67(60(79)52-59(78)61(7-3)87-46-44-75-42-30-37-70(75)80)95-66(58(77)32-22-9-6-2)54-69(94-63)65(93-64)36-26-18-14-21-29-41-74(84)92-57/h57-69,77-79H,5-56H2,1-4H3. The molecule has 3 bridgehead atoms. The molecule has 0 aliphatic carbocycles. The van der Waals surface area contributed by atoms with Gasteiger partial charge in [0.05, 0.1) is 113 Å². The molecule has 5 fully saturated rings. The molecule has 5 aliphatic heterocycles. The van der Waals surface area contributed by atoms with Gasteiger partial charge in [-0.15, -0.1) is 0 Å². The Kier molecular flexibility index (Phi) is 44.4. The second-order valence-electron chi connectivity index (χ2n) is 27.7. The summed E-state index contributed by atoms with van der Waals surface area (Å²) >= 11 is 0. The number of fused-ring (bicyclic) bond motifs is 10. The van der Waals surface area contributed by atoms with Crippen LogP contribution in [0.5, 0.6) is 0 Å². The molecule has 13 atom stereocenters. The summed E-state index contributed by atoms with van der Waals surface area (Å²) in [6.45, 7) is 10.1. The lowest BCUT2D eigenvalue weighted by Crippen LogP contribution is -2.52. The molecule has 3 N–H and O–H groups in total. The van der Waals surface area contributed by atoms with E-state index in [4.69, 9.17) is 52.1 Å². The van der Waals surface area contributed by atoms with E-state index in [2.05, 4.69) is 13.8 Å². The van der Waals surface area contributed by atoms with Crippen LogP contribution in [0, 0.1) is 0 Å². The molecule has 2 amide bonds. The molecular weight excluding hydrogens is 1220 g/mol. The molecule has 95 heavy (non-hydrogen) atoms. The first-order valence-corrected chi connectivity index (χ1v) is 38.3. The largest absolute Gasteiger partial charge is 0.462 e. The van der Waals surface area contributed by atoms with E-state index >= 15 is 0 Å². The van der Waals surface area contributed by atoms with Gasteiger partial charge in [-0.25, -0.2) is 0 Å². The molecule has 0 saturated carbocycles. The number of hydrogen-bond acceptors (Lipinski definition) is 19. The number of hydrogen-bond donors (Lipinski definition) is 3. The van der Waals surface area contributed by atoms with Gasteiger partial charge in [0.2, 0.25) is 11.8 Å². The number of methoxy groups -OCH3 is 1. The normalized spacial score (nSPS) is 27.9. The fourth-order valence-corrected chi connectivity index (χ4v) is 14.1. The maximum Gasteiger partial charge on any atom is 0.306 e. The Morgan fingerprint density at radius 1 is 0.495 bits per heavy atom. The molecule has 0 spiro atoms. The third-order valence-electron chi connectivity index (χ3n) is 19.8. The molecule has 13 unspecified atom stereocenters. The van der Waals surface area contributed by atoms with Gasteiger partial charge >= 0.3 is 17.9 Å². The lowest BCUT2D eigenvalue weighted by Gasteiger charge is -2.43. The smallest absolute Gasteiger partial charge is 0.306 e. The predicted molar refractivity (Wildman–Crippen MR) is 363 cm³/mol. The van der Waals surface area contributed by atoms with Gasteiger partial charge in [-0.05, 0) is 70.6 Å². The first-order chi connectivity index (χ1) is 46.3. The Bertz CT molecular complexity index is 2020. The summed E-state index contributed by atoms with van der Waals surface area (Å²) in [5, 5.41) is 37.7. The minimum Gasteiger partial charge on any atom is -0.462 e. The van der Waals surface area contributed by atoms with Crippen molar-refractivity contribution in [1.82, 2.24) is 9.80 Å². The van der Waals surface area contributed by atoms with E-state index in [-0.39, 0.29) is 88.8 Å². The van der Waals surface area contributed by atoms with Crippen molar-refractivity contribution in [1.29, 1.82) is 0 Å². The second kappa shape index (κ2) is 51.1. The monoisotopic (exact) mass is 1350 g/mol. The Hall–Kier alpha value is -3.09. The minimum atomic E-state index is -1.25. The Balaban J connectivity index is 1.65. The van der Waals surface area contributed by atoms with Gasteiger partial charge in [0, 0.05) is 84.7 Å². The topological polar surface area (TPSA) is 254 Å². The summed E-state index contributed by atoms with van der Waals surface area (Å²) in [6, 6.07) is 0. The van der Waals surface area contributed by atoms with Crippen molar-refractivity contribution in [3.63, 3.8) is 0 Å². The van der Waals surface area contributed by atoms with E-state index in [1.165, 1.54) is 6.42 Å². The van der Waals surface area contributed by atoms with Crippen LogP contribution in [0.3, 0.4) is 0 Å². The number of amides is 2. The number of ether oxygens (including phenoxy) is 11. The first-order valence-electron chi connectivity index (χ1n) is 38.3. The number of aliphatic hydroxyl groups excluding tert-OH is 3. The Labute approximate surface area is 571 Å². The van der Waals surface area contributed by atoms with Crippen molar-refractivity contribution >= 4 is 29.7 Å². The summed E-state index contributed by atoms with van der Waals surface area (Å²) in [7, 11) is 1.66. The maximum absolute atomic E-state index is 13.4. The molecule has 5 saturated heterocycles. The van der Waals surface area contributed by atoms with Crippen molar-refractivity contribution in [3.8, 4) is 0 Å². The SMILES string of the molecule is CCCCCCCCC1OC2CC(C(O)CCCCC)OC(C(O)CC(O)C(CC)OCCN3CCCC3=O)CC(OCCN3CCCC3=O)C3CCCCCCCC(=O)OCC(COC(=O)CCCCCCCC1OCCOCCOC)OC(=O)CCCCCCCC2O3. The number of carbonyl (C=O) groups excluding carboxylic acids is 5. The van der Waals surface area contributed by atoms with E-state index in [1.54, 1.807) is 12.0 Å². The minimum absolute atomic E-state index is 0.0894. The van der Waals surface area contributed by atoms with Crippen LogP contribution in [0.15, 0.2) is 0 Å². The fraction of sp³-hybridized carbons (Fsp3) is 0.932.